The van der Waals surface area contributed by atoms with Crippen molar-refractivity contribution in [2.45, 2.75) is 45.4 Å². The molecule has 1 aliphatic rings. The van der Waals surface area contributed by atoms with E-state index in [2.05, 4.69) is 25.1 Å². The summed E-state index contributed by atoms with van der Waals surface area (Å²) in [6, 6.07) is 6.86. The Balaban J connectivity index is 2.34. The molecule has 0 saturated heterocycles. The van der Waals surface area contributed by atoms with Gasteiger partial charge in [0.2, 0.25) is 0 Å². The third-order valence-electron chi connectivity index (χ3n) is 3.01. The summed E-state index contributed by atoms with van der Waals surface area (Å²) in [5.74, 6) is 0. The van der Waals surface area contributed by atoms with Crippen LogP contribution in [-0.4, -0.2) is 0 Å². The normalized spacial score (nSPS) is 15.5. The van der Waals surface area contributed by atoms with Crippen molar-refractivity contribution in [3.8, 4) is 0 Å². The van der Waals surface area contributed by atoms with Crippen LogP contribution in [0, 0.1) is 0 Å². The molecular weight excluding hydrogens is 156 g/mol. The third kappa shape index (κ3) is 1.77. The SMILES string of the molecule is CCCc1cccc2c1CCCC2. The van der Waals surface area contributed by atoms with E-state index < -0.39 is 0 Å². The summed E-state index contributed by atoms with van der Waals surface area (Å²) in [7, 11) is 0. The van der Waals surface area contributed by atoms with Crippen LogP contribution in [-0.2, 0) is 19.3 Å². The van der Waals surface area contributed by atoms with Crippen molar-refractivity contribution in [3.05, 3.63) is 34.9 Å². The standard InChI is InChI=1S/C13H18/c1-2-6-11-8-5-9-12-7-3-4-10-13(11)12/h5,8-9H,2-4,6-7,10H2,1H3. The molecule has 1 aliphatic carbocycles. The topological polar surface area (TPSA) is 0 Å². The second kappa shape index (κ2) is 3.95. The van der Waals surface area contributed by atoms with E-state index in [0.29, 0.717) is 0 Å². The van der Waals surface area contributed by atoms with Crippen molar-refractivity contribution in [2.75, 3.05) is 0 Å². The maximum Gasteiger partial charge on any atom is -0.0273 e. The molecule has 0 nitrogen and oxygen atoms in total. The molecule has 0 bridgehead atoms. The summed E-state index contributed by atoms with van der Waals surface area (Å²) in [5, 5.41) is 0. The van der Waals surface area contributed by atoms with Gasteiger partial charge in [-0.25, -0.2) is 0 Å². The molecule has 0 spiro atoms. The fourth-order valence-electron chi connectivity index (χ4n) is 2.36. The van der Waals surface area contributed by atoms with Crippen LogP contribution in [0.5, 0.6) is 0 Å². The van der Waals surface area contributed by atoms with Crippen LogP contribution in [0.15, 0.2) is 18.2 Å². The molecule has 0 fully saturated rings. The average molecular weight is 174 g/mol. The molecule has 0 heterocycles. The van der Waals surface area contributed by atoms with Crippen LogP contribution in [0.2, 0.25) is 0 Å². The van der Waals surface area contributed by atoms with E-state index in [0.717, 1.165) is 0 Å². The molecule has 0 aromatic heterocycles. The van der Waals surface area contributed by atoms with Crippen molar-refractivity contribution < 1.29 is 0 Å². The second-order valence-corrected chi connectivity index (χ2v) is 4.01. The van der Waals surface area contributed by atoms with Crippen LogP contribution in [0.1, 0.15) is 42.9 Å². The van der Waals surface area contributed by atoms with E-state index in [1.807, 2.05) is 0 Å². The quantitative estimate of drug-likeness (QED) is 0.643. The Labute approximate surface area is 81.0 Å². The summed E-state index contributed by atoms with van der Waals surface area (Å²) < 4.78 is 0. The van der Waals surface area contributed by atoms with Gasteiger partial charge in [0.05, 0.1) is 0 Å². The van der Waals surface area contributed by atoms with Gasteiger partial charge in [-0.1, -0.05) is 31.5 Å². The van der Waals surface area contributed by atoms with Gasteiger partial charge in [0.15, 0.2) is 0 Å². The van der Waals surface area contributed by atoms with Crippen LogP contribution in [0.3, 0.4) is 0 Å². The molecular formula is C13H18. The molecule has 0 atom stereocenters. The van der Waals surface area contributed by atoms with E-state index in [4.69, 9.17) is 0 Å². The summed E-state index contributed by atoms with van der Waals surface area (Å²) in [4.78, 5) is 0. The molecule has 0 saturated carbocycles. The summed E-state index contributed by atoms with van der Waals surface area (Å²) in [5.41, 5.74) is 4.91. The lowest BCUT2D eigenvalue weighted by molar-refractivity contribution is 0.676. The number of hydrogen-bond acceptors (Lipinski definition) is 0. The first kappa shape index (κ1) is 8.80. The highest BCUT2D eigenvalue weighted by Crippen LogP contribution is 2.24. The van der Waals surface area contributed by atoms with E-state index in [1.54, 1.807) is 16.7 Å². The zero-order chi connectivity index (χ0) is 9.10. The number of aryl methyl sites for hydroxylation is 2. The summed E-state index contributed by atoms with van der Waals surface area (Å²) in [6.07, 6.45) is 7.97. The Hall–Kier alpha value is -0.780. The van der Waals surface area contributed by atoms with E-state index in [-0.39, 0.29) is 0 Å². The minimum atomic E-state index is 1.27. The van der Waals surface area contributed by atoms with Crippen molar-refractivity contribution in [1.29, 1.82) is 0 Å². The first-order valence-electron chi connectivity index (χ1n) is 5.51. The monoisotopic (exact) mass is 174 g/mol. The van der Waals surface area contributed by atoms with E-state index in [1.165, 1.54) is 38.5 Å². The minimum Gasteiger partial charge on any atom is -0.0651 e. The number of fused-ring (bicyclic) bond motifs is 1. The molecule has 2 rings (SSSR count). The molecule has 0 radical (unpaired) electrons. The maximum atomic E-state index is 2.31. The highest BCUT2D eigenvalue weighted by molar-refractivity contribution is 5.37. The average Bonchev–Trinajstić information content (AvgIpc) is 2.19. The Morgan fingerprint density at radius 3 is 2.85 bits per heavy atom. The van der Waals surface area contributed by atoms with Crippen molar-refractivity contribution >= 4 is 0 Å². The zero-order valence-corrected chi connectivity index (χ0v) is 8.47. The smallest absolute Gasteiger partial charge is 0.0273 e. The summed E-state index contributed by atoms with van der Waals surface area (Å²) in [6.45, 7) is 2.27. The maximum absolute atomic E-state index is 2.31. The van der Waals surface area contributed by atoms with Crippen molar-refractivity contribution in [2.24, 2.45) is 0 Å². The largest absolute Gasteiger partial charge is 0.0651 e. The summed E-state index contributed by atoms with van der Waals surface area (Å²) >= 11 is 0. The predicted molar refractivity (Wildman–Crippen MR) is 57.1 cm³/mol. The molecule has 13 heavy (non-hydrogen) atoms. The zero-order valence-electron chi connectivity index (χ0n) is 8.47. The molecule has 0 heteroatoms. The lowest BCUT2D eigenvalue weighted by atomic mass is 9.87. The lowest BCUT2D eigenvalue weighted by Gasteiger charge is -2.18. The Bertz CT molecular complexity index is 286. The van der Waals surface area contributed by atoms with Gasteiger partial charge >= 0.3 is 0 Å². The van der Waals surface area contributed by atoms with Gasteiger partial charge in [-0.15, -0.1) is 0 Å². The molecule has 0 unspecified atom stereocenters. The first-order valence-corrected chi connectivity index (χ1v) is 5.51. The fraction of sp³-hybridized carbons (Fsp3) is 0.538. The highest BCUT2D eigenvalue weighted by Gasteiger charge is 2.11. The Kier molecular flexibility index (Phi) is 2.68. The van der Waals surface area contributed by atoms with Crippen LogP contribution >= 0.6 is 0 Å². The number of benzene rings is 1. The number of hydrogen-bond donors (Lipinski definition) is 0. The molecule has 0 amide bonds. The van der Waals surface area contributed by atoms with Gasteiger partial charge in [0.1, 0.15) is 0 Å². The Morgan fingerprint density at radius 1 is 1.15 bits per heavy atom. The van der Waals surface area contributed by atoms with E-state index >= 15 is 0 Å². The van der Waals surface area contributed by atoms with Crippen molar-refractivity contribution in [1.82, 2.24) is 0 Å². The van der Waals surface area contributed by atoms with Crippen LogP contribution in [0.4, 0.5) is 0 Å². The second-order valence-electron chi connectivity index (χ2n) is 4.01. The first-order chi connectivity index (χ1) is 6.42. The molecule has 0 aliphatic heterocycles. The molecule has 1 aromatic carbocycles. The van der Waals surface area contributed by atoms with Gasteiger partial charge < -0.3 is 0 Å². The van der Waals surface area contributed by atoms with Gasteiger partial charge in [0, 0.05) is 0 Å². The lowest BCUT2D eigenvalue weighted by Crippen LogP contribution is -2.05. The van der Waals surface area contributed by atoms with Gasteiger partial charge in [-0.3, -0.25) is 0 Å². The predicted octanol–water partition coefficient (Wildman–Crippen LogP) is 3.52. The van der Waals surface area contributed by atoms with E-state index in [9.17, 15) is 0 Å². The van der Waals surface area contributed by atoms with Crippen LogP contribution in [0.25, 0.3) is 0 Å². The van der Waals surface area contributed by atoms with Crippen LogP contribution < -0.4 is 0 Å². The third-order valence-corrected chi connectivity index (χ3v) is 3.01. The molecule has 0 N–H and O–H groups in total. The molecule has 1 aromatic rings. The number of rotatable bonds is 2. The van der Waals surface area contributed by atoms with Gasteiger partial charge in [-0.05, 0) is 48.8 Å². The van der Waals surface area contributed by atoms with Gasteiger partial charge in [0.25, 0.3) is 0 Å². The fourth-order valence-corrected chi connectivity index (χ4v) is 2.36. The van der Waals surface area contributed by atoms with Crippen molar-refractivity contribution in [3.63, 3.8) is 0 Å². The molecule has 70 valence electrons. The minimum absolute atomic E-state index is 1.27. The van der Waals surface area contributed by atoms with Gasteiger partial charge in [-0.2, -0.15) is 0 Å². The Morgan fingerprint density at radius 2 is 2.00 bits per heavy atom. The highest BCUT2D eigenvalue weighted by atomic mass is 14.2.